The normalized spacial score (nSPS) is 29.6. The molecule has 1 saturated carbocycles. The van der Waals surface area contributed by atoms with Gasteiger partial charge in [-0.2, -0.15) is 4.98 Å². The van der Waals surface area contributed by atoms with Crippen molar-refractivity contribution in [1.29, 1.82) is 0 Å². The van der Waals surface area contributed by atoms with E-state index in [1.165, 1.54) is 30.4 Å². The van der Waals surface area contributed by atoms with Gasteiger partial charge in [-0.1, -0.05) is 43.3 Å². The van der Waals surface area contributed by atoms with Gasteiger partial charge >= 0.3 is 0 Å². The molecule has 4 nitrogen and oxygen atoms in total. The van der Waals surface area contributed by atoms with E-state index in [0.717, 1.165) is 31.0 Å². The minimum Gasteiger partial charge on any atom is -0.339 e. The quantitative estimate of drug-likeness (QED) is 0.899. The number of nitrogens with one attached hydrogen (secondary N) is 1. The van der Waals surface area contributed by atoms with Crippen LogP contribution in [-0.2, 0) is 6.42 Å². The second kappa shape index (κ2) is 6.67. The zero-order chi connectivity index (χ0) is 16.5. The molecule has 2 aliphatic rings. The Morgan fingerprint density at radius 1 is 1.12 bits per heavy atom. The van der Waals surface area contributed by atoms with Crippen molar-refractivity contribution in [2.45, 2.75) is 76.3 Å². The summed E-state index contributed by atoms with van der Waals surface area (Å²) >= 11 is 0. The Morgan fingerprint density at radius 3 is 2.58 bits per heavy atom. The van der Waals surface area contributed by atoms with Gasteiger partial charge in [0.15, 0.2) is 5.82 Å². The van der Waals surface area contributed by atoms with Crippen LogP contribution in [0, 0.1) is 0 Å². The van der Waals surface area contributed by atoms with Gasteiger partial charge in [-0.05, 0) is 49.1 Å². The molecule has 0 spiro atoms. The molecule has 2 aliphatic carbocycles. The van der Waals surface area contributed by atoms with E-state index in [0.29, 0.717) is 23.9 Å². The van der Waals surface area contributed by atoms with Crippen molar-refractivity contribution in [1.82, 2.24) is 15.5 Å². The van der Waals surface area contributed by atoms with E-state index in [4.69, 9.17) is 4.52 Å². The van der Waals surface area contributed by atoms with E-state index in [9.17, 15) is 0 Å². The number of hydrogen-bond acceptors (Lipinski definition) is 4. The summed E-state index contributed by atoms with van der Waals surface area (Å²) in [6.45, 7) is 4.41. The van der Waals surface area contributed by atoms with Crippen molar-refractivity contribution in [3.05, 3.63) is 47.1 Å². The van der Waals surface area contributed by atoms with Gasteiger partial charge < -0.3 is 9.84 Å². The van der Waals surface area contributed by atoms with Crippen LogP contribution in [-0.4, -0.2) is 16.2 Å². The molecular formula is C20H27N3O. The third kappa shape index (κ3) is 3.00. The SMILES string of the molecule is CCc1noc(C2CCC(NC3CC(C)c4ccccc43)CC2)n1. The summed E-state index contributed by atoms with van der Waals surface area (Å²) in [4.78, 5) is 4.52. The number of benzene rings is 1. The molecule has 4 rings (SSSR count). The minimum absolute atomic E-state index is 0.450. The first-order chi connectivity index (χ1) is 11.7. The Hall–Kier alpha value is -1.68. The first-order valence-electron chi connectivity index (χ1n) is 9.42. The lowest BCUT2D eigenvalue weighted by molar-refractivity contribution is 0.269. The van der Waals surface area contributed by atoms with Crippen LogP contribution in [0.3, 0.4) is 0 Å². The molecule has 2 unspecified atom stereocenters. The second-order valence-corrected chi connectivity index (χ2v) is 7.44. The van der Waals surface area contributed by atoms with Crippen LogP contribution in [0.25, 0.3) is 0 Å². The number of nitrogens with zero attached hydrogens (tertiary/aromatic N) is 2. The van der Waals surface area contributed by atoms with Crippen molar-refractivity contribution in [3.63, 3.8) is 0 Å². The third-order valence-corrected chi connectivity index (χ3v) is 5.80. The molecule has 2 aromatic rings. The van der Waals surface area contributed by atoms with Gasteiger partial charge in [0.25, 0.3) is 0 Å². The molecular weight excluding hydrogens is 298 g/mol. The summed E-state index contributed by atoms with van der Waals surface area (Å²) in [5.41, 5.74) is 3.04. The van der Waals surface area contributed by atoms with Crippen LogP contribution < -0.4 is 5.32 Å². The van der Waals surface area contributed by atoms with Crippen molar-refractivity contribution >= 4 is 0 Å². The first kappa shape index (κ1) is 15.8. The molecule has 1 aromatic heterocycles. The van der Waals surface area contributed by atoms with Crippen LogP contribution in [0.2, 0.25) is 0 Å². The number of aryl methyl sites for hydroxylation is 1. The molecule has 2 atom stereocenters. The van der Waals surface area contributed by atoms with Crippen LogP contribution in [0.5, 0.6) is 0 Å². The van der Waals surface area contributed by atoms with Gasteiger partial charge in [-0.25, -0.2) is 0 Å². The molecule has 4 heteroatoms. The van der Waals surface area contributed by atoms with Crippen LogP contribution >= 0.6 is 0 Å². The topological polar surface area (TPSA) is 51.0 Å². The highest BCUT2D eigenvalue weighted by Gasteiger charge is 2.32. The molecule has 128 valence electrons. The summed E-state index contributed by atoms with van der Waals surface area (Å²) in [5, 5.41) is 7.97. The summed E-state index contributed by atoms with van der Waals surface area (Å²) < 4.78 is 5.44. The maximum atomic E-state index is 5.44. The zero-order valence-corrected chi connectivity index (χ0v) is 14.7. The van der Waals surface area contributed by atoms with Gasteiger partial charge in [0.05, 0.1) is 0 Å². The standard InChI is InChI=1S/C20H27N3O/c1-3-19-22-20(24-23-19)14-8-10-15(11-9-14)21-18-12-13(2)16-6-4-5-7-17(16)18/h4-7,13-15,18,21H,3,8-12H2,1-2H3. The molecule has 0 aliphatic heterocycles. The van der Waals surface area contributed by atoms with E-state index < -0.39 is 0 Å². The summed E-state index contributed by atoms with van der Waals surface area (Å²) in [6, 6.07) is 10.1. The number of fused-ring (bicyclic) bond motifs is 1. The average Bonchev–Trinajstić information content (AvgIpc) is 3.22. The molecule has 0 amide bonds. The van der Waals surface area contributed by atoms with Crippen molar-refractivity contribution in [2.75, 3.05) is 0 Å². The zero-order valence-electron chi connectivity index (χ0n) is 14.7. The van der Waals surface area contributed by atoms with Crippen molar-refractivity contribution < 1.29 is 4.52 Å². The molecule has 24 heavy (non-hydrogen) atoms. The van der Waals surface area contributed by atoms with E-state index in [1.54, 1.807) is 0 Å². The summed E-state index contributed by atoms with van der Waals surface area (Å²) in [5.74, 6) is 2.80. The average molecular weight is 325 g/mol. The number of aromatic nitrogens is 2. The largest absolute Gasteiger partial charge is 0.339 e. The predicted octanol–water partition coefficient (Wildman–Crippen LogP) is 4.50. The lowest BCUT2D eigenvalue weighted by atomic mass is 9.85. The Bertz CT molecular complexity index is 688. The van der Waals surface area contributed by atoms with Crippen LogP contribution in [0.1, 0.15) is 86.7 Å². The van der Waals surface area contributed by atoms with Crippen molar-refractivity contribution in [3.8, 4) is 0 Å². The van der Waals surface area contributed by atoms with Gasteiger partial charge in [-0.15, -0.1) is 0 Å². The minimum atomic E-state index is 0.450. The second-order valence-electron chi connectivity index (χ2n) is 7.44. The number of rotatable bonds is 4. The lowest BCUT2D eigenvalue weighted by Crippen LogP contribution is -2.35. The molecule has 0 radical (unpaired) electrons. The van der Waals surface area contributed by atoms with Gasteiger partial charge in [-0.3, -0.25) is 0 Å². The van der Waals surface area contributed by atoms with E-state index in [2.05, 4.69) is 53.6 Å². The first-order valence-corrected chi connectivity index (χ1v) is 9.42. The maximum absolute atomic E-state index is 5.44. The fourth-order valence-corrected chi connectivity index (χ4v) is 4.41. The predicted molar refractivity (Wildman–Crippen MR) is 94.0 cm³/mol. The van der Waals surface area contributed by atoms with Gasteiger partial charge in [0.1, 0.15) is 0 Å². The molecule has 1 fully saturated rings. The van der Waals surface area contributed by atoms with Gasteiger partial charge in [0, 0.05) is 24.4 Å². The third-order valence-electron chi connectivity index (χ3n) is 5.80. The summed E-state index contributed by atoms with van der Waals surface area (Å²) in [6.07, 6.45) is 6.76. The van der Waals surface area contributed by atoms with E-state index >= 15 is 0 Å². The molecule has 0 bridgehead atoms. The van der Waals surface area contributed by atoms with Crippen molar-refractivity contribution in [2.24, 2.45) is 0 Å². The van der Waals surface area contributed by atoms with E-state index in [1.807, 2.05) is 0 Å². The van der Waals surface area contributed by atoms with Crippen LogP contribution in [0.15, 0.2) is 28.8 Å². The highest BCUT2D eigenvalue weighted by Crippen LogP contribution is 2.41. The highest BCUT2D eigenvalue weighted by molar-refractivity contribution is 5.37. The van der Waals surface area contributed by atoms with E-state index in [-0.39, 0.29) is 0 Å². The molecule has 1 aromatic carbocycles. The Morgan fingerprint density at radius 2 is 1.88 bits per heavy atom. The Balaban J connectivity index is 1.35. The molecule has 1 N–H and O–H groups in total. The highest BCUT2D eigenvalue weighted by atomic mass is 16.5. The maximum Gasteiger partial charge on any atom is 0.229 e. The fourth-order valence-electron chi connectivity index (χ4n) is 4.41. The molecule has 1 heterocycles. The van der Waals surface area contributed by atoms with Crippen LogP contribution in [0.4, 0.5) is 0 Å². The lowest BCUT2D eigenvalue weighted by Gasteiger charge is -2.30. The Labute approximate surface area is 144 Å². The Kier molecular flexibility index (Phi) is 4.40. The fraction of sp³-hybridized carbons (Fsp3) is 0.600. The van der Waals surface area contributed by atoms with Gasteiger partial charge in [0.2, 0.25) is 5.89 Å². The number of hydrogen-bond donors (Lipinski definition) is 1. The molecule has 0 saturated heterocycles. The smallest absolute Gasteiger partial charge is 0.229 e. The monoisotopic (exact) mass is 325 g/mol. The summed E-state index contributed by atoms with van der Waals surface area (Å²) in [7, 11) is 0.